The van der Waals surface area contributed by atoms with Gasteiger partial charge < -0.3 is 9.84 Å². The summed E-state index contributed by atoms with van der Waals surface area (Å²) >= 11 is 0. The Hall–Kier alpha value is -0.120. The molecule has 14 heavy (non-hydrogen) atoms. The summed E-state index contributed by atoms with van der Waals surface area (Å²) in [6.45, 7) is 8.44. The standard InChI is InChI=1S/C11H23NO2/c1-4-5-9(2)12-6-11(7-13)14-8-10(12)3/h9-11,13H,4-8H2,1-3H3. The molecule has 3 heteroatoms. The number of hydrogen-bond acceptors (Lipinski definition) is 3. The topological polar surface area (TPSA) is 32.7 Å². The van der Waals surface area contributed by atoms with E-state index in [2.05, 4.69) is 25.7 Å². The minimum atomic E-state index is 0.0190. The lowest BCUT2D eigenvalue weighted by atomic mass is 10.1. The van der Waals surface area contributed by atoms with Gasteiger partial charge in [0.15, 0.2) is 0 Å². The average molecular weight is 201 g/mol. The van der Waals surface area contributed by atoms with Gasteiger partial charge in [-0.15, -0.1) is 0 Å². The van der Waals surface area contributed by atoms with Gasteiger partial charge >= 0.3 is 0 Å². The van der Waals surface area contributed by atoms with Crippen molar-refractivity contribution in [2.45, 2.75) is 51.8 Å². The van der Waals surface area contributed by atoms with E-state index in [0.717, 1.165) is 13.2 Å². The molecule has 0 saturated carbocycles. The van der Waals surface area contributed by atoms with Crippen molar-refractivity contribution in [3.05, 3.63) is 0 Å². The van der Waals surface area contributed by atoms with Gasteiger partial charge in [-0.3, -0.25) is 4.90 Å². The number of morpholine rings is 1. The van der Waals surface area contributed by atoms with Crippen LogP contribution in [0.1, 0.15) is 33.6 Å². The molecular weight excluding hydrogens is 178 g/mol. The van der Waals surface area contributed by atoms with Crippen LogP contribution in [0.3, 0.4) is 0 Å². The van der Waals surface area contributed by atoms with Crippen molar-refractivity contribution in [3.63, 3.8) is 0 Å². The molecule has 0 radical (unpaired) electrons. The molecule has 3 unspecified atom stereocenters. The fraction of sp³-hybridized carbons (Fsp3) is 1.00. The molecule has 1 rings (SSSR count). The quantitative estimate of drug-likeness (QED) is 0.743. The Morgan fingerprint density at radius 1 is 1.57 bits per heavy atom. The van der Waals surface area contributed by atoms with E-state index in [4.69, 9.17) is 9.84 Å². The first-order chi connectivity index (χ1) is 6.69. The molecule has 0 aromatic carbocycles. The van der Waals surface area contributed by atoms with Gasteiger partial charge in [0, 0.05) is 18.6 Å². The molecule has 0 bridgehead atoms. The lowest BCUT2D eigenvalue weighted by Gasteiger charge is -2.41. The number of aliphatic hydroxyl groups excluding tert-OH is 1. The third-order valence-electron chi connectivity index (χ3n) is 3.03. The van der Waals surface area contributed by atoms with Crippen molar-refractivity contribution in [2.75, 3.05) is 19.8 Å². The van der Waals surface area contributed by atoms with E-state index in [9.17, 15) is 0 Å². The second-order valence-corrected chi connectivity index (χ2v) is 4.32. The van der Waals surface area contributed by atoms with Crippen LogP contribution in [-0.2, 0) is 4.74 Å². The van der Waals surface area contributed by atoms with Gasteiger partial charge in [-0.05, 0) is 20.3 Å². The second kappa shape index (κ2) is 5.69. The molecular formula is C11H23NO2. The highest BCUT2D eigenvalue weighted by atomic mass is 16.5. The first kappa shape index (κ1) is 12.0. The fourth-order valence-corrected chi connectivity index (χ4v) is 2.15. The molecule has 3 nitrogen and oxygen atoms in total. The molecule has 84 valence electrons. The molecule has 0 aliphatic carbocycles. The summed E-state index contributed by atoms with van der Waals surface area (Å²) in [5, 5.41) is 9.06. The Bertz CT molecular complexity index is 163. The van der Waals surface area contributed by atoms with E-state index < -0.39 is 0 Å². The Balaban J connectivity index is 2.46. The zero-order valence-electron chi connectivity index (χ0n) is 9.57. The van der Waals surface area contributed by atoms with Crippen molar-refractivity contribution in [2.24, 2.45) is 0 Å². The van der Waals surface area contributed by atoms with Crippen LogP contribution in [0.4, 0.5) is 0 Å². The molecule has 3 atom stereocenters. The van der Waals surface area contributed by atoms with Gasteiger partial charge in [-0.1, -0.05) is 13.3 Å². The first-order valence-electron chi connectivity index (χ1n) is 5.67. The summed E-state index contributed by atoms with van der Waals surface area (Å²) in [7, 11) is 0. The molecule has 1 aliphatic rings. The van der Waals surface area contributed by atoms with Gasteiger partial charge in [0.05, 0.1) is 19.3 Å². The SMILES string of the molecule is CCCC(C)N1CC(CO)OCC1C. The minimum absolute atomic E-state index is 0.0190. The Kier molecular flexibility index (Phi) is 4.85. The smallest absolute Gasteiger partial charge is 0.0933 e. The summed E-state index contributed by atoms with van der Waals surface area (Å²) in [5.74, 6) is 0. The maximum absolute atomic E-state index is 9.06. The highest BCUT2D eigenvalue weighted by Gasteiger charge is 2.28. The van der Waals surface area contributed by atoms with Crippen LogP contribution >= 0.6 is 0 Å². The molecule has 0 aromatic heterocycles. The molecule has 0 amide bonds. The van der Waals surface area contributed by atoms with E-state index in [1.165, 1.54) is 12.8 Å². The van der Waals surface area contributed by atoms with E-state index in [1.54, 1.807) is 0 Å². The highest BCUT2D eigenvalue weighted by molar-refractivity contribution is 4.80. The number of hydrogen-bond donors (Lipinski definition) is 1. The molecule has 0 spiro atoms. The van der Waals surface area contributed by atoms with Crippen molar-refractivity contribution < 1.29 is 9.84 Å². The molecule has 1 saturated heterocycles. The van der Waals surface area contributed by atoms with Crippen LogP contribution < -0.4 is 0 Å². The van der Waals surface area contributed by atoms with E-state index in [-0.39, 0.29) is 12.7 Å². The van der Waals surface area contributed by atoms with Crippen molar-refractivity contribution in [1.82, 2.24) is 4.90 Å². The molecule has 1 fully saturated rings. The zero-order valence-corrected chi connectivity index (χ0v) is 9.57. The average Bonchev–Trinajstić information content (AvgIpc) is 2.19. The predicted octanol–water partition coefficient (Wildman–Crippen LogP) is 1.26. The Morgan fingerprint density at radius 2 is 2.29 bits per heavy atom. The van der Waals surface area contributed by atoms with Crippen molar-refractivity contribution >= 4 is 0 Å². The van der Waals surface area contributed by atoms with Gasteiger partial charge in [0.25, 0.3) is 0 Å². The molecule has 1 aliphatic heterocycles. The summed E-state index contributed by atoms with van der Waals surface area (Å²) in [4.78, 5) is 2.45. The third kappa shape index (κ3) is 2.94. The van der Waals surface area contributed by atoms with Crippen LogP contribution in [0.2, 0.25) is 0 Å². The largest absolute Gasteiger partial charge is 0.394 e. The van der Waals surface area contributed by atoms with Gasteiger partial charge in [-0.2, -0.15) is 0 Å². The maximum Gasteiger partial charge on any atom is 0.0933 e. The number of rotatable bonds is 4. The highest BCUT2D eigenvalue weighted by Crippen LogP contribution is 2.17. The summed E-state index contributed by atoms with van der Waals surface area (Å²) in [6, 6.07) is 1.09. The van der Waals surface area contributed by atoms with E-state index in [1.807, 2.05) is 0 Å². The number of ether oxygens (including phenoxy) is 1. The fourth-order valence-electron chi connectivity index (χ4n) is 2.15. The lowest BCUT2D eigenvalue weighted by molar-refractivity contribution is -0.0898. The predicted molar refractivity (Wildman–Crippen MR) is 57.4 cm³/mol. The molecule has 0 aromatic rings. The second-order valence-electron chi connectivity index (χ2n) is 4.32. The number of aliphatic hydroxyl groups is 1. The van der Waals surface area contributed by atoms with Crippen LogP contribution in [-0.4, -0.2) is 48.0 Å². The Labute approximate surface area is 87.1 Å². The summed E-state index contributed by atoms with van der Waals surface area (Å²) in [6.07, 6.45) is 2.46. The maximum atomic E-state index is 9.06. The number of nitrogens with zero attached hydrogens (tertiary/aromatic N) is 1. The lowest BCUT2D eigenvalue weighted by Crippen LogP contribution is -2.52. The monoisotopic (exact) mass is 201 g/mol. The van der Waals surface area contributed by atoms with Crippen LogP contribution in [0.25, 0.3) is 0 Å². The van der Waals surface area contributed by atoms with Crippen LogP contribution in [0.5, 0.6) is 0 Å². The minimum Gasteiger partial charge on any atom is -0.394 e. The van der Waals surface area contributed by atoms with Crippen LogP contribution in [0.15, 0.2) is 0 Å². The van der Waals surface area contributed by atoms with Crippen LogP contribution in [0, 0.1) is 0 Å². The normalized spacial score (nSPS) is 31.7. The first-order valence-corrected chi connectivity index (χ1v) is 5.67. The van der Waals surface area contributed by atoms with Crippen molar-refractivity contribution in [3.8, 4) is 0 Å². The zero-order chi connectivity index (χ0) is 10.6. The van der Waals surface area contributed by atoms with Gasteiger partial charge in [-0.25, -0.2) is 0 Å². The molecule has 1 heterocycles. The van der Waals surface area contributed by atoms with Gasteiger partial charge in [0.2, 0.25) is 0 Å². The molecule has 1 N–H and O–H groups in total. The van der Waals surface area contributed by atoms with E-state index in [0.29, 0.717) is 12.1 Å². The van der Waals surface area contributed by atoms with Gasteiger partial charge in [0.1, 0.15) is 0 Å². The van der Waals surface area contributed by atoms with Crippen molar-refractivity contribution in [1.29, 1.82) is 0 Å². The summed E-state index contributed by atoms with van der Waals surface area (Å²) < 4.78 is 5.51. The third-order valence-corrected chi connectivity index (χ3v) is 3.03. The Morgan fingerprint density at radius 3 is 2.86 bits per heavy atom. The van der Waals surface area contributed by atoms with E-state index >= 15 is 0 Å². The summed E-state index contributed by atoms with van der Waals surface area (Å²) in [5.41, 5.74) is 0.